The quantitative estimate of drug-likeness (QED) is 0.451. The fourth-order valence-corrected chi connectivity index (χ4v) is 2.77. The van der Waals surface area contributed by atoms with Crippen LogP contribution in [0.5, 0.6) is 0 Å². The molecule has 2 aromatic carbocycles. The zero-order valence-electron chi connectivity index (χ0n) is 16.8. The van der Waals surface area contributed by atoms with Crippen molar-refractivity contribution in [1.82, 2.24) is 5.32 Å². The number of carbonyl (C=O) groups is 3. The summed E-state index contributed by atoms with van der Waals surface area (Å²) in [6.45, 7) is -0.126. The predicted molar refractivity (Wildman–Crippen MR) is 110 cm³/mol. The molecule has 3 aromatic rings. The van der Waals surface area contributed by atoms with Gasteiger partial charge in [-0.1, -0.05) is 0 Å². The summed E-state index contributed by atoms with van der Waals surface area (Å²) in [5.74, 6) is -2.58. The first kappa shape index (κ1) is 23.5. The number of anilines is 2. The number of hydrogen-bond donors (Lipinski definition) is 3. The monoisotopic (exact) mass is 463 g/mol. The first-order chi connectivity index (χ1) is 15.6. The molecule has 0 unspecified atom stereocenters. The highest BCUT2D eigenvalue weighted by Gasteiger charge is 2.34. The Kier molecular flexibility index (Phi) is 7.11. The molecule has 0 saturated heterocycles. The summed E-state index contributed by atoms with van der Waals surface area (Å²) in [5.41, 5.74) is -1.80. The second-order valence-electron chi connectivity index (χ2n) is 6.75. The van der Waals surface area contributed by atoms with E-state index in [9.17, 15) is 31.9 Å². The number of alkyl halides is 3. The lowest BCUT2D eigenvalue weighted by Gasteiger charge is -2.16. The third kappa shape index (κ3) is 6.42. The molecule has 3 rings (SSSR count). The van der Waals surface area contributed by atoms with Crippen molar-refractivity contribution < 1.29 is 36.4 Å². The SMILES string of the molecule is O=C(CCNC(=O)c1ccco1)Nc1ccc(NC(=O)c2ccc(F)cc2)cc1C(F)(F)F. The van der Waals surface area contributed by atoms with E-state index in [-0.39, 0.29) is 30.0 Å². The lowest BCUT2D eigenvalue weighted by Crippen LogP contribution is -2.27. The Bertz CT molecular complexity index is 1140. The molecule has 0 aliphatic carbocycles. The van der Waals surface area contributed by atoms with Crippen molar-refractivity contribution in [2.45, 2.75) is 12.6 Å². The minimum Gasteiger partial charge on any atom is -0.459 e. The average molecular weight is 463 g/mol. The first-order valence-corrected chi connectivity index (χ1v) is 9.53. The zero-order valence-corrected chi connectivity index (χ0v) is 16.8. The van der Waals surface area contributed by atoms with Crippen LogP contribution < -0.4 is 16.0 Å². The van der Waals surface area contributed by atoms with Crippen molar-refractivity contribution in [1.29, 1.82) is 0 Å². The molecule has 0 aliphatic heterocycles. The van der Waals surface area contributed by atoms with Gasteiger partial charge >= 0.3 is 6.18 Å². The van der Waals surface area contributed by atoms with Gasteiger partial charge in [0.1, 0.15) is 5.82 Å². The van der Waals surface area contributed by atoms with Gasteiger partial charge in [0.25, 0.3) is 11.8 Å². The van der Waals surface area contributed by atoms with Gasteiger partial charge in [-0.15, -0.1) is 0 Å². The van der Waals surface area contributed by atoms with Gasteiger partial charge in [0.2, 0.25) is 5.91 Å². The predicted octanol–water partition coefficient (Wildman–Crippen LogP) is 4.45. The van der Waals surface area contributed by atoms with Crippen LogP contribution in [0.4, 0.5) is 28.9 Å². The summed E-state index contributed by atoms with van der Waals surface area (Å²) in [4.78, 5) is 36.0. The minimum atomic E-state index is -4.83. The molecule has 0 radical (unpaired) electrons. The molecule has 3 N–H and O–H groups in total. The average Bonchev–Trinajstić information content (AvgIpc) is 3.29. The summed E-state index contributed by atoms with van der Waals surface area (Å²) < 4.78 is 58.4. The van der Waals surface area contributed by atoms with Crippen molar-refractivity contribution in [3.63, 3.8) is 0 Å². The fraction of sp³-hybridized carbons (Fsp3) is 0.136. The van der Waals surface area contributed by atoms with E-state index in [0.29, 0.717) is 6.07 Å². The molecule has 0 spiro atoms. The third-order valence-corrected chi connectivity index (χ3v) is 4.35. The standard InChI is InChI=1S/C22H17F4N3O4/c23-14-5-3-13(4-6-14)20(31)28-15-7-8-17(16(12-15)22(24,25)26)29-19(30)9-10-27-21(32)18-2-1-11-33-18/h1-8,11-12H,9-10H2,(H,27,32)(H,28,31)(H,29,30). The molecular weight excluding hydrogens is 446 g/mol. The van der Waals surface area contributed by atoms with Crippen LogP contribution in [0.15, 0.2) is 65.3 Å². The summed E-state index contributed by atoms with van der Waals surface area (Å²) in [6, 6.07) is 10.3. The summed E-state index contributed by atoms with van der Waals surface area (Å²) in [7, 11) is 0. The van der Waals surface area contributed by atoms with Gasteiger partial charge in [0, 0.05) is 24.2 Å². The highest BCUT2D eigenvalue weighted by atomic mass is 19.4. The summed E-state index contributed by atoms with van der Waals surface area (Å²) in [5, 5.41) is 6.87. The highest BCUT2D eigenvalue weighted by Crippen LogP contribution is 2.36. The lowest BCUT2D eigenvalue weighted by molar-refractivity contribution is -0.136. The number of rotatable bonds is 7. The maximum Gasteiger partial charge on any atom is 0.418 e. The maximum absolute atomic E-state index is 13.5. The highest BCUT2D eigenvalue weighted by molar-refractivity contribution is 6.04. The number of amides is 3. The van der Waals surface area contributed by atoms with Crippen molar-refractivity contribution >= 4 is 29.1 Å². The zero-order chi connectivity index (χ0) is 24.0. The molecule has 11 heteroatoms. The van der Waals surface area contributed by atoms with Crippen LogP contribution in [0.25, 0.3) is 0 Å². The van der Waals surface area contributed by atoms with Crippen LogP contribution in [0.2, 0.25) is 0 Å². The third-order valence-electron chi connectivity index (χ3n) is 4.35. The molecular formula is C22H17F4N3O4. The molecule has 0 bridgehead atoms. The van der Waals surface area contributed by atoms with Crippen molar-refractivity contribution in [2.24, 2.45) is 0 Å². The minimum absolute atomic E-state index is 0.0352. The second kappa shape index (κ2) is 9.98. The van der Waals surface area contributed by atoms with Gasteiger partial charge in [-0.25, -0.2) is 4.39 Å². The van der Waals surface area contributed by atoms with Gasteiger partial charge in [-0.2, -0.15) is 13.2 Å². The molecule has 172 valence electrons. The van der Waals surface area contributed by atoms with E-state index >= 15 is 0 Å². The van der Waals surface area contributed by atoms with Crippen molar-refractivity contribution in [2.75, 3.05) is 17.2 Å². The molecule has 3 amide bonds. The Morgan fingerprint density at radius 1 is 0.909 bits per heavy atom. The largest absolute Gasteiger partial charge is 0.459 e. The normalized spacial score (nSPS) is 11.0. The number of halogens is 4. The number of carbonyl (C=O) groups excluding carboxylic acids is 3. The number of hydrogen-bond acceptors (Lipinski definition) is 4. The van der Waals surface area contributed by atoms with E-state index in [0.717, 1.165) is 18.2 Å². The van der Waals surface area contributed by atoms with Crippen LogP contribution in [0, 0.1) is 5.82 Å². The molecule has 0 saturated carbocycles. The Balaban J connectivity index is 1.65. The molecule has 33 heavy (non-hydrogen) atoms. The van der Waals surface area contributed by atoms with E-state index in [1.54, 1.807) is 0 Å². The summed E-state index contributed by atoms with van der Waals surface area (Å²) in [6.07, 6.45) is -3.81. The van der Waals surface area contributed by atoms with Crippen LogP contribution in [0.3, 0.4) is 0 Å². The van der Waals surface area contributed by atoms with E-state index < -0.39 is 41.0 Å². The van der Waals surface area contributed by atoms with E-state index in [1.807, 2.05) is 0 Å². The Labute approximate surface area is 184 Å². The molecule has 0 atom stereocenters. The van der Waals surface area contributed by atoms with Gasteiger partial charge in [0.05, 0.1) is 17.5 Å². The Morgan fingerprint density at radius 2 is 1.64 bits per heavy atom. The second-order valence-corrected chi connectivity index (χ2v) is 6.75. The van der Waals surface area contributed by atoms with Crippen molar-refractivity contribution in [3.8, 4) is 0 Å². The molecule has 1 heterocycles. The molecule has 1 aromatic heterocycles. The van der Waals surface area contributed by atoms with E-state index in [4.69, 9.17) is 4.42 Å². The Hall–Kier alpha value is -4.15. The van der Waals surface area contributed by atoms with Gasteiger partial charge in [0.15, 0.2) is 5.76 Å². The van der Waals surface area contributed by atoms with E-state index in [2.05, 4.69) is 16.0 Å². The fourth-order valence-electron chi connectivity index (χ4n) is 2.77. The maximum atomic E-state index is 13.5. The Morgan fingerprint density at radius 3 is 2.27 bits per heavy atom. The van der Waals surface area contributed by atoms with Crippen LogP contribution >= 0.6 is 0 Å². The smallest absolute Gasteiger partial charge is 0.418 e. The molecule has 0 fully saturated rings. The number of benzene rings is 2. The van der Waals surface area contributed by atoms with Crippen molar-refractivity contribution in [3.05, 3.63) is 83.6 Å². The number of furan rings is 1. The van der Waals surface area contributed by atoms with Crippen LogP contribution in [-0.4, -0.2) is 24.3 Å². The van der Waals surface area contributed by atoms with Crippen LogP contribution in [-0.2, 0) is 11.0 Å². The molecule has 0 aliphatic rings. The van der Waals surface area contributed by atoms with Gasteiger partial charge < -0.3 is 20.4 Å². The molecule has 7 nitrogen and oxygen atoms in total. The first-order valence-electron chi connectivity index (χ1n) is 9.53. The number of nitrogens with one attached hydrogen (secondary N) is 3. The topological polar surface area (TPSA) is 100 Å². The van der Waals surface area contributed by atoms with Crippen LogP contribution in [0.1, 0.15) is 32.9 Å². The summed E-state index contributed by atoms with van der Waals surface area (Å²) >= 11 is 0. The van der Waals surface area contributed by atoms with E-state index in [1.165, 1.54) is 36.6 Å². The van der Waals surface area contributed by atoms with Gasteiger partial charge in [-0.05, 0) is 54.6 Å². The van der Waals surface area contributed by atoms with Gasteiger partial charge in [-0.3, -0.25) is 14.4 Å². The lowest BCUT2D eigenvalue weighted by atomic mass is 10.1.